The van der Waals surface area contributed by atoms with E-state index in [9.17, 15) is 17.4 Å². The second-order valence-electron chi connectivity index (χ2n) is 5.34. The van der Waals surface area contributed by atoms with Crippen LogP contribution in [0.1, 0.15) is 30.4 Å². The molecule has 0 amide bonds. The van der Waals surface area contributed by atoms with Gasteiger partial charge in [-0.05, 0) is 60.8 Å². The summed E-state index contributed by atoms with van der Waals surface area (Å²) >= 11 is 0. The van der Waals surface area contributed by atoms with E-state index in [0.717, 1.165) is 24.1 Å². The van der Waals surface area contributed by atoms with Crippen LogP contribution in [-0.2, 0) is 17.0 Å². The van der Waals surface area contributed by atoms with Crippen LogP contribution < -0.4 is 5.73 Å². The maximum absolute atomic E-state index is 12.6. The molecule has 6 heteroatoms. The van der Waals surface area contributed by atoms with Gasteiger partial charge in [-0.25, -0.2) is 4.21 Å². The Labute approximate surface area is 136 Å². The third-order valence-corrected chi connectivity index (χ3v) is 5.02. The lowest BCUT2D eigenvalue weighted by atomic mass is 9.98. The van der Waals surface area contributed by atoms with Crippen molar-refractivity contribution in [3.8, 4) is 0 Å². The number of hydrogen-bond acceptors (Lipinski definition) is 2. The summed E-state index contributed by atoms with van der Waals surface area (Å²) in [5.74, 6) is 0.240. The van der Waals surface area contributed by atoms with Gasteiger partial charge in [0.2, 0.25) is 0 Å². The first-order valence-electron chi connectivity index (χ1n) is 7.22. The van der Waals surface area contributed by atoms with Crippen molar-refractivity contribution >= 4 is 10.8 Å². The maximum atomic E-state index is 12.6. The van der Waals surface area contributed by atoms with Crippen molar-refractivity contribution in [1.82, 2.24) is 0 Å². The Morgan fingerprint density at radius 2 is 1.74 bits per heavy atom. The van der Waals surface area contributed by atoms with E-state index in [4.69, 9.17) is 5.73 Å². The number of alkyl halides is 3. The van der Waals surface area contributed by atoms with E-state index >= 15 is 0 Å². The molecule has 0 bridgehead atoms. The summed E-state index contributed by atoms with van der Waals surface area (Å²) < 4.78 is 50.3. The highest BCUT2D eigenvalue weighted by molar-refractivity contribution is 7.85. The third kappa shape index (κ3) is 4.42. The standard InChI is InChI=1S/C17H18F3NOS/c1-12(9-10-21)13-3-2-4-16(11-13)23(22)15-7-5-14(6-8-15)17(18,19)20/h2-8,11-12H,9-10,21H2,1H3. The molecule has 124 valence electrons. The quantitative estimate of drug-likeness (QED) is 0.880. The van der Waals surface area contributed by atoms with E-state index in [1.165, 1.54) is 12.1 Å². The van der Waals surface area contributed by atoms with Crippen LogP contribution in [0, 0.1) is 0 Å². The fourth-order valence-corrected chi connectivity index (χ4v) is 3.36. The molecule has 0 saturated carbocycles. The smallest absolute Gasteiger partial charge is 0.330 e. The summed E-state index contributed by atoms with van der Waals surface area (Å²) in [5, 5.41) is 0. The third-order valence-electron chi connectivity index (χ3n) is 3.64. The van der Waals surface area contributed by atoms with Crippen LogP contribution in [0.2, 0.25) is 0 Å². The zero-order chi connectivity index (χ0) is 17.0. The second-order valence-corrected chi connectivity index (χ2v) is 6.82. The molecule has 0 aliphatic rings. The molecule has 2 N–H and O–H groups in total. The minimum absolute atomic E-state index is 0.240. The molecule has 0 heterocycles. The fourth-order valence-electron chi connectivity index (χ4n) is 2.26. The van der Waals surface area contributed by atoms with Crippen LogP contribution >= 0.6 is 0 Å². The van der Waals surface area contributed by atoms with Crippen molar-refractivity contribution in [2.24, 2.45) is 5.73 Å². The number of nitrogens with two attached hydrogens (primary N) is 1. The van der Waals surface area contributed by atoms with Crippen molar-refractivity contribution < 1.29 is 17.4 Å². The average Bonchev–Trinajstić information content (AvgIpc) is 2.54. The highest BCUT2D eigenvalue weighted by Gasteiger charge is 2.30. The predicted molar refractivity (Wildman–Crippen MR) is 84.6 cm³/mol. The first-order valence-corrected chi connectivity index (χ1v) is 8.37. The first kappa shape index (κ1) is 17.7. The lowest BCUT2D eigenvalue weighted by molar-refractivity contribution is -0.137. The van der Waals surface area contributed by atoms with Crippen molar-refractivity contribution in [2.75, 3.05) is 6.54 Å². The van der Waals surface area contributed by atoms with Gasteiger partial charge in [-0.3, -0.25) is 0 Å². The monoisotopic (exact) mass is 341 g/mol. The van der Waals surface area contributed by atoms with Gasteiger partial charge in [-0.1, -0.05) is 19.1 Å². The summed E-state index contributed by atoms with van der Waals surface area (Å²) in [7, 11) is -1.51. The normalized spacial score (nSPS) is 14.5. The Morgan fingerprint density at radius 1 is 1.09 bits per heavy atom. The van der Waals surface area contributed by atoms with Gasteiger partial charge in [-0.15, -0.1) is 0 Å². The Morgan fingerprint density at radius 3 is 2.30 bits per heavy atom. The van der Waals surface area contributed by atoms with E-state index in [-0.39, 0.29) is 5.92 Å². The molecule has 0 fully saturated rings. The summed E-state index contributed by atoms with van der Waals surface area (Å²) in [4.78, 5) is 0.924. The largest absolute Gasteiger partial charge is 0.416 e. The van der Waals surface area contributed by atoms with Gasteiger partial charge >= 0.3 is 6.18 Å². The van der Waals surface area contributed by atoms with E-state index < -0.39 is 22.5 Å². The maximum Gasteiger partial charge on any atom is 0.416 e. The molecule has 0 radical (unpaired) electrons. The molecule has 0 saturated heterocycles. The number of hydrogen-bond donors (Lipinski definition) is 1. The Balaban J connectivity index is 2.25. The highest BCUT2D eigenvalue weighted by atomic mass is 32.2. The summed E-state index contributed by atoms with van der Waals surface area (Å²) in [5.41, 5.74) is 5.83. The average molecular weight is 341 g/mol. The predicted octanol–water partition coefficient (Wildman–Crippen LogP) is 4.32. The van der Waals surface area contributed by atoms with Crippen molar-refractivity contribution in [1.29, 1.82) is 0 Å². The molecule has 2 aromatic carbocycles. The van der Waals surface area contributed by atoms with E-state index in [0.29, 0.717) is 16.3 Å². The van der Waals surface area contributed by atoms with Crippen molar-refractivity contribution in [3.05, 3.63) is 59.7 Å². The Hall–Kier alpha value is -1.66. The Bertz CT molecular complexity index is 683. The number of halogens is 3. The molecule has 0 aliphatic carbocycles. The topological polar surface area (TPSA) is 43.1 Å². The zero-order valence-electron chi connectivity index (χ0n) is 12.6. The zero-order valence-corrected chi connectivity index (χ0v) is 13.5. The Kier molecular flexibility index (Phi) is 5.59. The van der Waals surface area contributed by atoms with Crippen LogP contribution in [0.5, 0.6) is 0 Å². The molecule has 2 rings (SSSR count). The van der Waals surface area contributed by atoms with Gasteiger partial charge in [0.1, 0.15) is 0 Å². The van der Waals surface area contributed by atoms with Crippen LogP contribution in [-0.4, -0.2) is 10.8 Å². The van der Waals surface area contributed by atoms with Gasteiger partial charge in [0.25, 0.3) is 0 Å². The molecule has 0 aliphatic heterocycles. The minimum atomic E-state index is -4.39. The molecular weight excluding hydrogens is 323 g/mol. The van der Waals surface area contributed by atoms with E-state index in [2.05, 4.69) is 0 Å². The lowest BCUT2D eigenvalue weighted by Crippen LogP contribution is -2.06. The summed E-state index contributed by atoms with van der Waals surface area (Å²) in [6.07, 6.45) is -3.58. The molecule has 2 nitrogen and oxygen atoms in total. The highest BCUT2D eigenvalue weighted by Crippen LogP contribution is 2.30. The molecule has 2 aromatic rings. The molecule has 0 aromatic heterocycles. The number of rotatable bonds is 5. The van der Waals surface area contributed by atoms with Crippen LogP contribution in [0.4, 0.5) is 13.2 Å². The lowest BCUT2D eigenvalue weighted by Gasteiger charge is -2.12. The molecule has 2 atom stereocenters. The minimum Gasteiger partial charge on any atom is -0.330 e. The SMILES string of the molecule is CC(CCN)c1cccc(S(=O)c2ccc(C(F)(F)F)cc2)c1. The van der Waals surface area contributed by atoms with Crippen molar-refractivity contribution in [2.45, 2.75) is 35.2 Å². The van der Waals surface area contributed by atoms with Gasteiger partial charge in [0, 0.05) is 9.79 Å². The van der Waals surface area contributed by atoms with E-state index in [1.54, 1.807) is 12.1 Å². The fraction of sp³-hybridized carbons (Fsp3) is 0.294. The molecule has 23 heavy (non-hydrogen) atoms. The van der Waals surface area contributed by atoms with Gasteiger partial charge in [0.15, 0.2) is 0 Å². The number of benzene rings is 2. The van der Waals surface area contributed by atoms with Gasteiger partial charge in [0.05, 0.1) is 16.4 Å². The van der Waals surface area contributed by atoms with E-state index in [1.807, 2.05) is 19.1 Å². The molecule has 2 unspecified atom stereocenters. The van der Waals surface area contributed by atoms with Gasteiger partial charge < -0.3 is 5.73 Å². The summed E-state index contributed by atoms with van der Waals surface area (Å²) in [6.45, 7) is 2.60. The first-order chi connectivity index (χ1) is 10.8. The molecular formula is C17H18F3NOS. The van der Waals surface area contributed by atoms with Gasteiger partial charge in [-0.2, -0.15) is 13.2 Å². The summed E-state index contributed by atoms with van der Waals surface area (Å²) in [6, 6.07) is 11.7. The van der Waals surface area contributed by atoms with Crippen LogP contribution in [0.3, 0.4) is 0 Å². The van der Waals surface area contributed by atoms with Crippen LogP contribution in [0.15, 0.2) is 58.3 Å². The van der Waals surface area contributed by atoms with Crippen LogP contribution in [0.25, 0.3) is 0 Å². The second kappa shape index (κ2) is 7.27. The van der Waals surface area contributed by atoms with Crippen molar-refractivity contribution in [3.63, 3.8) is 0 Å². The molecule has 0 spiro atoms.